The number of hydrogen-bond acceptors (Lipinski definition) is 6. The quantitative estimate of drug-likeness (QED) is 0.626. The lowest BCUT2D eigenvalue weighted by Crippen LogP contribution is -2.25. The van der Waals surface area contributed by atoms with Gasteiger partial charge in [-0.1, -0.05) is 18.2 Å². The number of nitrogens with zero attached hydrogens (tertiary/aromatic N) is 2. The molecule has 0 saturated heterocycles. The molecule has 29 heavy (non-hydrogen) atoms. The number of aromatic nitrogens is 2. The molecule has 2 amide bonds. The van der Waals surface area contributed by atoms with Crippen LogP contribution in [-0.4, -0.2) is 34.9 Å². The van der Waals surface area contributed by atoms with Crippen molar-refractivity contribution in [3.8, 4) is 0 Å². The summed E-state index contributed by atoms with van der Waals surface area (Å²) in [7, 11) is 1.28. The van der Waals surface area contributed by atoms with Crippen LogP contribution in [0.2, 0.25) is 0 Å². The van der Waals surface area contributed by atoms with E-state index in [-0.39, 0.29) is 11.4 Å². The highest BCUT2D eigenvalue weighted by Gasteiger charge is 2.13. The van der Waals surface area contributed by atoms with Crippen LogP contribution in [0.5, 0.6) is 0 Å². The third kappa shape index (κ3) is 5.23. The van der Waals surface area contributed by atoms with Crippen molar-refractivity contribution in [1.82, 2.24) is 15.3 Å². The Morgan fingerprint density at radius 3 is 2.45 bits per heavy atom. The van der Waals surface area contributed by atoms with Gasteiger partial charge in [0.05, 0.1) is 12.7 Å². The number of benzene rings is 1. The molecule has 0 aliphatic carbocycles. The Bertz CT molecular complexity index is 1040. The first-order chi connectivity index (χ1) is 14.1. The van der Waals surface area contributed by atoms with E-state index < -0.39 is 17.8 Å². The van der Waals surface area contributed by atoms with E-state index in [4.69, 9.17) is 0 Å². The van der Waals surface area contributed by atoms with Crippen LogP contribution in [0.4, 0.5) is 5.69 Å². The maximum absolute atomic E-state index is 12.5. The van der Waals surface area contributed by atoms with Crippen LogP contribution in [0, 0.1) is 0 Å². The van der Waals surface area contributed by atoms with Gasteiger partial charge in [0.25, 0.3) is 11.8 Å². The van der Waals surface area contributed by atoms with Crippen LogP contribution in [0.25, 0.3) is 0 Å². The molecular formula is C21H18N4O4. The molecule has 8 nitrogen and oxygen atoms in total. The van der Waals surface area contributed by atoms with Crippen molar-refractivity contribution in [2.75, 3.05) is 12.4 Å². The average molecular weight is 390 g/mol. The minimum absolute atomic E-state index is 0.0718. The van der Waals surface area contributed by atoms with Gasteiger partial charge in [0, 0.05) is 24.6 Å². The lowest BCUT2D eigenvalue weighted by atomic mass is 10.2. The van der Waals surface area contributed by atoms with Crippen molar-refractivity contribution in [3.63, 3.8) is 0 Å². The predicted octanol–water partition coefficient (Wildman–Crippen LogP) is 2.45. The fraction of sp³-hybridized carbons (Fsp3) is 0.0952. The number of esters is 1. The number of amides is 2. The van der Waals surface area contributed by atoms with Gasteiger partial charge >= 0.3 is 5.97 Å². The Kier molecular flexibility index (Phi) is 6.26. The number of anilines is 1. The summed E-state index contributed by atoms with van der Waals surface area (Å²) < 4.78 is 4.67. The van der Waals surface area contributed by atoms with Gasteiger partial charge in [0.2, 0.25) is 0 Å². The Balaban J connectivity index is 1.67. The lowest BCUT2D eigenvalue weighted by Gasteiger charge is -2.08. The topological polar surface area (TPSA) is 110 Å². The highest BCUT2D eigenvalue weighted by molar-refractivity contribution is 6.04. The zero-order chi connectivity index (χ0) is 20.6. The van der Waals surface area contributed by atoms with Gasteiger partial charge in [-0.15, -0.1) is 0 Å². The molecular weight excluding hydrogens is 372 g/mol. The van der Waals surface area contributed by atoms with E-state index in [1.54, 1.807) is 42.7 Å². The Labute approximate surface area is 167 Å². The monoisotopic (exact) mass is 390 g/mol. The van der Waals surface area contributed by atoms with E-state index in [0.717, 1.165) is 5.56 Å². The summed E-state index contributed by atoms with van der Waals surface area (Å²) in [6.45, 7) is 0.297. The van der Waals surface area contributed by atoms with Crippen molar-refractivity contribution < 1.29 is 19.1 Å². The van der Waals surface area contributed by atoms with E-state index in [1.165, 1.54) is 25.3 Å². The number of pyridine rings is 2. The standard InChI is InChI=1S/C21H18N4O4/c1-29-21(28)15-6-2-7-16(11-15)24-20(27)18-9-3-8-17(25-18)19(26)23-13-14-5-4-10-22-12-14/h2-12H,13H2,1H3,(H,23,26)(H,24,27). The van der Waals surface area contributed by atoms with Gasteiger partial charge in [-0.2, -0.15) is 0 Å². The lowest BCUT2D eigenvalue weighted by molar-refractivity contribution is 0.0600. The average Bonchev–Trinajstić information content (AvgIpc) is 2.77. The molecule has 0 saturated carbocycles. The van der Waals surface area contributed by atoms with Crippen LogP contribution in [0.1, 0.15) is 36.9 Å². The summed E-state index contributed by atoms with van der Waals surface area (Å²) in [5.74, 6) is -1.42. The van der Waals surface area contributed by atoms with Gasteiger partial charge in [-0.05, 0) is 42.0 Å². The van der Waals surface area contributed by atoms with Crippen molar-refractivity contribution in [2.45, 2.75) is 6.54 Å². The number of ether oxygens (including phenoxy) is 1. The zero-order valence-corrected chi connectivity index (χ0v) is 15.6. The molecule has 2 heterocycles. The second kappa shape index (κ2) is 9.23. The molecule has 0 bridgehead atoms. The maximum atomic E-state index is 12.5. The SMILES string of the molecule is COC(=O)c1cccc(NC(=O)c2cccc(C(=O)NCc3cccnc3)n2)c1. The molecule has 1 aromatic carbocycles. The molecule has 0 aliphatic rings. The molecule has 8 heteroatoms. The Hall–Kier alpha value is -4.07. The summed E-state index contributed by atoms with van der Waals surface area (Å²) in [6, 6.07) is 14.5. The molecule has 0 aliphatic heterocycles. The van der Waals surface area contributed by atoms with Crippen LogP contribution in [0.3, 0.4) is 0 Å². The first-order valence-corrected chi connectivity index (χ1v) is 8.70. The van der Waals surface area contributed by atoms with E-state index in [2.05, 4.69) is 25.3 Å². The summed E-state index contributed by atoms with van der Waals surface area (Å²) in [5, 5.41) is 5.39. The third-order valence-corrected chi connectivity index (χ3v) is 3.93. The van der Waals surface area contributed by atoms with Gasteiger partial charge < -0.3 is 15.4 Å². The van der Waals surface area contributed by atoms with Crippen molar-refractivity contribution >= 4 is 23.5 Å². The van der Waals surface area contributed by atoms with E-state index in [0.29, 0.717) is 17.8 Å². The van der Waals surface area contributed by atoms with Gasteiger partial charge in [0.15, 0.2) is 0 Å². The smallest absolute Gasteiger partial charge is 0.337 e. The van der Waals surface area contributed by atoms with Crippen molar-refractivity contribution in [1.29, 1.82) is 0 Å². The first kappa shape index (κ1) is 19.7. The Morgan fingerprint density at radius 1 is 0.966 bits per heavy atom. The number of methoxy groups -OCH3 is 1. The second-order valence-corrected chi connectivity index (χ2v) is 5.98. The maximum Gasteiger partial charge on any atom is 0.337 e. The molecule has 2 aromatic heterocycles. The van der Waals surface area contributed by atoms with Crippen molar-refractivity contribution in [3.05, 3.63) is 89.5 Å². The summed E-state index contributed by atoms with van der Waals surface area (Å²) in [4.78, 5) is 44.5. The minimum atomic E-state index is -0.508. The van der Waals surface area contributed by atoms with Gasteiger partial charge in [-0.3, -0.25) is 14.6 Å². The molecule has 0 fully saturated rings. The molecule has 0 spiro atoms. The summed E-state index contributed by atoms with van der Waals surface area (Å²) >= 11 is 0. The number of carbonyl (C=O) groups is 3. The molecule has 146 valence electrons. The Morgan fingerprint density at radius 2 is 1.72 bits per heavy atom. The first-order valence-electron chi connectivity index (χ1n) is 8.70. The second-order valence-electron chi connectivity index (χ2n) is 5.98. The largest absolute Gasteiger partial charge is 0.465 e. The molecule has 0 atom stereocenters. The number of nitrogens with one attached hydrogen (secondary N) is 2. The van der Waals surface area contributed by atoms with Crippen LogP contribution in [-0.2, 0) is 11.3 Å². The van der Waals surface area contributed by atoms with Crippen molar-refractivity contribution in [2.24, 2.45) is 0 Å². The van der Waals surface area contributed by atoms with Crippen LogP contribution in [0.15, 0.2) is 67.0 Å². The predicted molar refractivity (Wildman–Crippen MR) is 105 cm³/mol. The normalized spacial score (nSPS) is 10.1. The fourth-order valence-electron chi connectivity index (χ4n) is 2.50. The zero-order valence-electron chi connectivity index (χ0n) is 15.6. The number of rotatable bonds is 6. The highest BCUT2D eigenvalue weighted by atomic mass is 16.5. The molecule has 2 N–H and O–H groups in total. The summed E-state index contributed by atoms with van der Waals surface area (Å²) in [6.07, 6.45) is 3.30. The van der Waals surface area contributed by atoms with Gasteiger partial charge in [-0.25, -0.2) is 9.78 Å². The van der Waals surface area contributed by atoms with Crippen LogP contribution >= 0.6 is 0 Å². The van der Waals surface area contributed by atoms with Gasteiger partial charge in [0.1, 0.15) is 11.4 Å². The van der Waals surface area contributed by atoms with E-state index in [1.807, 2.05) is 6.07 Å². The molecule has 0 unspecified atom stereocenters. The minimum Gasteiger partial charge on any atom is -0.465 e. The van der Waals surface area contributed by atoms with Crippen LogP contribution < -0.4 is 10.6 Å². The third-order valence-electron chi connectivity index (χ3n) is 3.93. The van der Waals surface area contributed by atoms with E-state index in [9.17, 15) is 14.4 Å². The molecule has 3 aromatic rings. The van der Waals surface area contributed by atoms with E-state index >= 15 is 0 Å². The number of carbonyl (C=O) groups excluding carboxylic acids is 3. The number of hydrogen-bond donors (Lipinski definition) is 2. The molecule has 0 radical (unpaired) electrons. The summed E-state index contributed by atoms with van der Waals surface area (Å²) in [5.41, 5.74) is 1.75. The fourth-order valence-corrected chi connectivity index (χ4v) is 2.50. The molecule has 3 rings (SSSR count). The highest BCUT2D eigenvalue weighted by Crippen LogP contribution is 2.13.